The van der Waals surface area contributed by atoms with Gasteiger partial charge in [-0.25, -0.2) is 0 Å². The van der Waals surface area contributed by atoms with Crippen LogP contribution in [0.2, 0.25) is 0 Å². The topological polar surface area (TPSA) is 9.23 Å². The predicted molar refractivity (Wildman–Crippen MR) is 124 cm³/mol. The molecule has 0 spiro atoms. The van der Waals surface area contributed by atoms with Crippen molar-refractivity contribution in [1.29, 1.82) is 0 Å². The molecule has 3 fully saturated rings. The lowest BCUT2D eigenvalue weighted by atomic mass is 9.47. The molecule has 4 aliphatic carbocycles. The first kappa shape index (κ1) is 21.9. The molecule has 0 saturated heterocycles. The summed E-state index contributed by atoms with van der Waals surface area (Å²) in [6, 6.07) is 0. The van der Waals surface area contributed by atoms with Gasteiger partial charge in [0.2, 0.25) is 0 Å². The van der Waals surface area contributed by atoms with Crippen LogP contribution in [0.5, 0.6) is 0 Å². The van der Waals surface area contributed by atoms with E-state index in [9.17, 15) is 0 Å². The van der Waals surface area contributed by atoms with Crippen LogP contribution in [0.3, 0.4) is 0 Å². The smallest absolute Gasteiger partial charge is 0.0608 e. The van der Waals surface area contributed by atoms with E-state index in [2.05, 4.69) is 40.7 Å². The maximum Gasteiger partial charge on any atom is 0.0608 e. The summed E-state index contributed by atoms with van der Waals surface area (Å²) in [5.74, 6) is 5.63. The van der Waals surface area contributed by atoms with Gasteiger partial charge in [-0.2, -0.15) is 0 Å². The monoisotopic (exact) mass is 400 g/mol. The van der Waals surface area contributed by atoms with Crippen molar-refractivity contribution in [3.63, 3.8) is 0 Å². The van der Waals surface area contributed by atoms with Crippen LogP contribution in [-0.4, -0.2) is 13.2 Å². The van der Waals surface area contributed by atoms with Gasteiger partial charge in [0.1, 0.15) is 0 Å². The molecular formula is C28H48O. The van der Waals surface area contributed by atoms with E-state index in [-0.39, 0.29) is 0 Å². The molecule has 0 bridgehead atoms. The Balaban J connectivity index is 1.48. The Morgan fingerprint density at radius 1 is 1.00 bits per heavy atom. The number of hydrogen-bond acceptors (Lipinski definition) is 1. The average Bonchev–Trinajstić information content (AvgIpc) is 3.04. The van der Waals surface area contributed by atoms with Crippen molar-refractivity contribution in [3.05, 3.63) is 11.6 Å². The molecule has 0 amide bonds. The Morgan fingerprint density at radius 2 is 1.79 bits per heavy atom. The minimum Gasteiger partial charge on any atom is -0.381 e. The van der Waals surface area contributed by atoms with Crippen molar-refractivity contribution < 1.29 is 4.74 Å². The molecule has 0 aliphatic heterocycles. The first-order chi connectivity index (χ1) is 13.8. The number of methoxy groups -OCH3 is 1. The summed E-state index contributed by atoms with van der Waals surface area (Å²) < 4.78 is 5.75. The summed E-state index contributed by atoms with van der Waals surface area (Å²) in [4.78, 5) is 0. The molecule has 0 heterocycles. The summed E-state index contributed by atoms with van der Waals surface area (Å²) in [6.45, 7) is 12.7. The highest BCUT2D eigenvalue weighted by molar-refractivity contribution is 5.25. The number of allylic oxidation sites excluding steroid dienone is 1. The number of rotatable bonds is 6. The molecule has 0 N–H and O–H groups in total. The normalized spacial score (nSPS) is 45.3. The van der Waals surface area contributed by atoms with Crippen molar-refractivity contribution in [2.24, 2.45) is 46.3 Å². The summed E-state index contributed by atoms with van der Waals surface area (Å²) in [6.07, 6.45) is 18.7. The fourth-order valence-corrected chi connectivity index (χ4v) is 8.85. The van der Waals surface area contributed by atoms with E-state index in [0.29, 0.717) is 16.9 Å². The van der Waals surface area contributed by atoms with Crippen LogP contribution < -0.4 is 0 Å². The largest absolute Gasteiger partial charge is 0.381 e. The van der Waals surface area contributed by atoms with E-state index in [1.807, 2.05) is 7.11 Å². The van der Waals surface area contributed by atoms with Crippen molar-refractivity contribution in [1.82, 2.24) is 0 Å². The van der Waals surface area contributed by atoms with Gasteiger partial charge in [0, 0.05) is 7.11 Å². The zero-order valence-electron chi connectivity index (χ0n) is 20.3. The Labute approximate surface area is 181 Å². The van der Waals surface area contributed by atoms with Gasteiger partial charge in [0.25, 0.3) is 0 Å². The molecule has 8 atom stereocenters. The second-order valence-electron chi connectivity index (χ2n) is 12.4. The summed E-state index contributed by atoms with van der Waals surface area (Å²) in [5.41, 5.74) is 2.85. The number of ether oxygens (including phenoxy) is 1. The van der Waals surface area contributed by atoms with Gasteiger partial charge < -0.3 is 4.74 Å². The van der Waals surface area contributed by atoms with Crippen molar-refractivity contribution >= 4 is 0 Å². The van der Waals surface area contributed by atoms with Crippen LogP contribution in [0.1, 0.15) is 105 Å². The van der Waals surface area contributed by atoms with Crippen LogP contribution in [0, 0.1) is 46.3 Å². The van der Waals surface area contributed by atoms with Gasteiger partial charge in [-0.05, 0) is 97.7 Å². The molecule has 3 saturated carbocycles. The van der Waals surface area contributed by atoms with Gasteiger partial charge in [-0.15, -0.1) is 0 Å². The molecule has 4 rings (SSSR count). The third-order valence-electron chi connectivity index (χ3n) is 10.6. The molecule has 0 radical (unpaired) electrons. The first-order valence-electron chi connectivity index (χ1n) is 13.0. The fraction of sp³-hybridized carbons (Fsp3) is 0.929. The van der Waals surface area contributed by atoms with Crippen LogP contribution in [0.25, 0.3) is 0 Å². The molecule has 0 aromatic rings. The van der Waals surface area contributed by atoms with Crippen LogP contribution in [0.15, 0.2) is 11.6 Å². The highest BCUT2D eigenvalue weighted by atomic mass is 16.5. The summed E-state index contributed by atoms with van der Waals surface area (Å²) >= 11 is 0. The Morgan fingerprint density at radius 3 is 2.52 bits per heavy atom. The molecule has 1 heteroatoms. The minimum absolute atomic E-state index is 0.472. The molecule has 0 aromatic heterocycles. The SMILES string of the molecule is CO[C@@H]1CC[C@]2(C)C(=CCC3C4CCC([C@@H](C)CCCC(C)C)[C@]4(C)CCC32)C1. The molecule has 4 unspecified atom stereocenters. The van der Waals surface area contributed by atoms with Crippen molar-refractivity contribution in [2.45, 2.75) is 111 Å². The maximum atomic E-state index is 5.75. The van der Waals surface area contributed by atoms with Gasteiger partial charge in [-0.1, -0.05) is 65.5 Å². The van der Waals surface area contributed by atoms with Gasteiger partial charge in [0.15, 0.2) is 0 Å². The molecule has 166 valence electrons. The molecular weight excluding hydrogens is 352 g/mol. The summed E-state index contributed by atoms with van der Waals surface area (Å²) in [7, 11) is 1.91. The van der Waals surface area contributed by atoms with Crippen LogP contribution in [-0.2, 0) is 4.74 Å². The average molecular weight is 401 g/mol. The zero-order valence-corrected chi connectivity index (χ0v) is 20.3. The van der Waals surface area contributed by atoms with Crippen LogP contribution in [0.4, 0.5) is 0 Å². The summed E-state index contributed by atoms with van der Waals surface area (Å²) in [5, 5.41) is 0. The third kappa shape index (κ3) is 3.77. The predicted octanol–water partition coefficient (Wildman–Crippen LogP) is 8.04. The fourth-order valence-electron chi connectivity index (χ4n) is 8.85. The molecule has 29 heavy (non-hydrogen) atoms. The van der Waals surface area contributed by atoms with E-state index >= 15 is 0 Å². The number of fused-ring (bicyclic) bond motifs is 5. The van der Waals surface area contributed by atoms with Gasteiger partial charge in [-0.3, -0.25) is 0 Å². The lowest BCUT2D eigenvalue weighted by molar-refractivity contribution is -0.0601. The van der Waals surface area contributed by atoms with Gasteiger partial charge >= 0.3 is 0 Å². The van der Waals surface area contributed by atoms with E-state index in [1.54, 1.807) is 5.57 Å². The first-order valence-corrected chi connectivity index (χ1v) is 13.0. The van der Waals surface area contributed by atoms with E-state index in [1.165, 1.54) is 70.6 Å². The standard InChI is InChI=1S/C28H48O/c1-19(2)8-7-9-20(3)24-12-13-25-23-11-10-21-18-22(29-6)14-16-27(21,4)26(23)15-17-28(24,25)5/h10,19-20,22-26H,7-9,11-18H2,1-6H3/t20-,22+,23?,24?,25?,26?,27+,28-/m0/s1. The van der Waals surface area contributed by atoms with Gasteiger partial charge in [0.05, 0.1) is 6.10 Å². The van der Waals surface area contributed by atoms with Crippen molar-refractivity contribution in [2.75, 3.05) is 7.11 Å². The lowest BCUT2D eigenvalue weighted by Gasteiger charge is -2.58. The van der Waals surface area contributed by atoms with E-state index < -0.39 is 0 Å². The Bertz CT molecular complexity index is 605. The number of hydrogen-bond donors (Lipinski definition) is 0. The van der Waals surface area contributed by atoms with E-state index in [4.69, 9.17) is 4.74 Å². The highest BCUT2D eigenvalue weighted by Gasteiger charge is 2.59. The Kier molecular flexibility index (Phi) is 6.29. The third-order valence-corrected chi connectivity index (χ3v) is 10.6. The van der Waals surface area contributed by atoms with E-state index in [0.717, 1.165) is 35.5 Å². The maximum absolute atomic E-state index is 5.75. The quantitative estimate of drug-likeness (QED) is 0.410. The zero-order chi connectivity index (χ0) is 20.8. The molecule has 1 nitrogen and oxygen atoms in total. The highest BCUT2D eigenvalue weighted by Crippen LogP contribution is 2.67. The second kappa shape index (κ2) is 8.33. The Hall–Kier alpha value is -0.300. The lowest BCUT2D eigenvalue weighted by Crippen LogP contribution is -2.50. The van der Waals surface area contributed by atoms with Crippen LogP contribution >= 0.6 is 0 Å². The molecule has 4 aliphatic rings. The van der Waals surface area contributed by atoms with Crippen molar-refractivity contribution in [3.8, 4) is 0 Å². The molecule has 0 aromatic carbocycles. The minimum atomic E-state index is 0.472. The second-order valence-corrected chi connectivity index (χ2v) is 12.4.